The van der Waals surface area contributed by atoms with Gasteiger partial charge in [-0.25, -0.2) is 8.78 Å². The van der Waals surface area contributed by atoms with Crippen LogP contribution in [-0.4, -0.2) is 78.7 Å². The summed E-state index contributed by atoms with van der Waals surface area (Å²) in [5.41, 5.74) is -6.24. The summed E-state index contributed by atoms with van der Waals surface area (Å²) < 4.78 is 94.4. The molecule has 0 fully saturated rings. The molecule has 0 unspecified atom stereocenters. The number of benzene rings is 1. The summed E-state index contributed by atoms with van der Waals surface area (Å²) in [5, 5.41) is -5.98. The van der Waals surface area contributed by atoms with E-state index in [2.05, 4.69) is 4.18 Å². The number of carbonyl (C=O) groups is 2. The highest BCUT2D eigenvalue weighted by Crippen LogP contribution is 2.43. The van der Waals surface area contributed by atoms with Crippen molar-refractivity contribution < 1.29 is 44.1 Å². The number of alkyl halides is 5. The van der Waals surface area contributed by atoms with Gasteiger partial charge in [0, 0.05) is 0 Å². The molecule has 0 saturated heterocycles. The van der Waals surface area contributed by atoms with Crippen LogP contribution in [0.25, 0.3) is 0 Å². The molecule has 16 heteroatoms. The fraction of sp³-hybridized carbons (Fsp3) is 0.333. The van der Waals surface area contributed by atoms with Crippen LogP contribution < -0.4 is 0 Å². The maximum atomic E-state index is 15.2. The van der Waals surface area contributed by atoms with Crippen LogP contribution in [0.3, 0.4) is 0 Å². The van der Waals surface area contributed by atoms with Crippen LogP contribution >= 0.6 is 0 Å². The molecule has 2 amide bonds. The molecule has 0 saturated carbocycles. The van der Waals surface area contributed by atoms with Gasteiger partial charge in [-0.15, -0.1) is 0 Å². The summed E-state index contributed by atoms with van der Waals surface area (Å²) in [4.78, 5) is 25.2. The first-order valence-electron chi connectivity index (χ1n) is 7.76. The Balaban J connectivity index is 2.50. The van der Waals surface area contributed by atoms with Gasteiger partial charge in [0.2, 0.25) is 0 Å². The highest BCUT2D eigenvalue weighted by atomic mass is 32.2. The quantitative estimate of drug-likeness (QED) is 0.175. The third-order valence-corrected chi connectivity index (χ3v) is 5.68. The van der Waals surface area contributed by atoms with E-state index >= 15 is 8.78 Å². The van der Waals surface area contributed by atoms with Crippen molar-refractivity contribution in [2.75, 3.05) is 0 Å². The van der Waals surface area contributed by atoms with Gasteiger partial charge < -0.3 is 0 Å². The molecule has 1 heterocycles. The van der Waals surface area contributed by atoms with Crippen LogP contribution in [0.4, 0.5) is 22.0 Å². The van der Waals surface area contributed by atoms with Crippen molar-refractivity contribution in [3.05, 3.63) is 35.4 Å². The lowest BCUT2D eigenvalue weighted by Crippen LogP contribution is -2.73. The van der Waals surface area contributed by atoms with E-state index < -0.39 is 44.1 Å². The molecule has 0 aliphatic carbocycles. The highest BCUT2D eigenvalue weighted by Gasteiger charge is 2.66. The minimum absolute atomic E-state index is 0.155. The first-order valence-corrected chi connectivity index (χ1v) is 9.17. The molecular weight excluding hydrogens is 408 g/mol. The van der Waals surface area contributed by atoms with Gasteiger partial charge in [-0.1, -0.05) is 12.1 Å². The molecule has 0 radical (unpaired) electrons. The number of nitrogens with zero attached hydrogens (tertiary/aromatic N) is 1. The predicted octanol–water partition coefficient (Wildman–Crippen LogP) is -2.38. The van der Waals surface area contributed by atoms with Crippen LogP contribution in [-0.2, 0) is 14.3 Å². The molecule has 0 aromatic heterocycles. The third-order valence-electron chi connectivity index (χ3n) is 4.48. The smallest absolute Gasteiger partial charge is 0.279 e. The summed E-state index contributed by atoms with van der Waals surface area (Å²) in [6, 6.07) is 5.28. The van der Waals surface area contributed by atoms with Crippen LogP contribution in [0.15, 0.2) is 24.3 Å². The Bertz CT molecular complexity index is 915. The molecule has 0 atom stereocenters. The first-order chi connectivity index (χ1) is 12.4. The van der Waals surface area contributed by atoms with Gasteiger partial charge in [0.1, 0.15) is 31.4 Å². The third kappa shape index (κ3) is 3.15. The zero-order chi connectivity index (χ0) is 21.9. The number of halogens is 5. The summed E-state index contributed by atoms with van der Waals surface area (Å²) in [6.07, 6.45) is 0. The minimum atomic E-state index is -6.37. The van der Waals surface area contributed by atoms with Gasteiger partial charge in [-0.05, 0) is 12.1 Å². The number of imide groups is 1. The zero-order valence-electron chi connectivity index (χ0n) is 15.1. The second-order valence-corrected chi connectivity index (χ2v) is 8.66. The monoisotopic (exact) mass is 421 g/mol. The molecule has 6 nitrogen and oxygen atoms in total. The van der Waals surface area contributed by atoms with E-state index in [-0.39, 0.29) is 16.0 Å². The Hall–Kier alpha value is -1.82. The number of rotatable bonds is 5. The fourth-order valence-electron chi connectivity index (χ4n) is 2.95. The lowest BCUT2D eigenvalue weighted by Gasteiger charge is -2.47. The number of carbonyl (C=O) groups excluding carboxylic acids is 2. The van der Waals surface area contributed by atoms with Gasteiger partial charge >= 0.3 is 15.6 Å². The maximum absolute atomic E-state index is 15.2. The van der Waals surface area contributed by atoms with Crippen LogP contribution in [0.5, 0.6) is 0 Å². The molecular formula is C12H12B4F5NO5S. The summed E-state index contributed by atoms with van der Waals surface area (Å²) in [5.74, 6) is -6.58. The summed E-state index contributed by atoms with van der Waals surface area (Å²) >= 11 is 0. The van der Waals surface area contributed by atoms with E-state index in [0.717, 1.165) is 15.7 Å². The van der Waals surface area contributed by atoms with Gasteiger partial charge in [-0.3, -0.25) is 18.7 Å². The van der Waals surface area contributed by atoms with Crippen molar-refractivity contribution in [3.63, 3.8) is 0 Å². The Kier molecular flexibility index (Phi) is 5.09. The second kappa shape index (κ2) is 6.34. The van der Waals surface area contributed by atoms with Gasteiger partial charge in [0.25, 0.3) is 17.7 Å². The van der Waals surface area contributed by atoms with Crippen molar-refractivity contribution >= 4 is 53.3 Å². The normalized spacial score (nSPS) is 16.4. The number of fused-ring (bicyclic) bond motifs is 1. The zero-order valence-corrected chi connectivity index (χ0v) is 15.9. The molecule has 2 rings (SSSR count). The molecule has 0 N–H and O–H groups in total. The highest BCUT2D eigenvalue weighted by molar-refractivity contribution is 7.87. The van der Waals surface area contributed by atoms with Crippen LogP contribution in [0.1, 0.15) is 20.7 Å². The number of hydrogen-bond acceptors (Lipinski definition) is 5. The average molecular weight is 421 g/mol. The molecule has 0 spiro atoms. The molecule has 1 aliphatic rings. The van der Waals surface area contributed by atoms with Crippen LogP contribution in [0, 0.1) is 0 Å². The molecule has 1 aromatic carbocycles. The summed E-state index contributed by atoms with van der Waals surface area (Å²) in [7, 11) is -4.05. The van der Waals surface area contributed by atoms with E-state index in [0.29, 0.717) is 15.7 Å². The number of amides is 2. The number of hydrogen-bond donors (Lipinski definition) is 0. The predicted molar refractivity (Wildman–Crippen MR) is 97.6 cm³/mol. The van der Waals surface area contributed by atoms with E-state index in [9.17, 15) is 31.2 Å². The van der Waals surface area contributed by atoms with Crippen molar-refractivity contribution in [1.29, 1.82) is 0 Å². The summed E-state index contributed by atoms with van der Waals surface area (Å²) in [6.45, 7) is 0. The van der Waals surface area contributed by atoms with E-state index in [4.69, 9.17) is 0 Å². The lowest BCUT2D eigenvalue weighted by molar-refractivity contribution is -0.124. The minimum Gasteiger partial charge on any atom is -0.279 e. The second-order valence-electron chi connectivity index (χ2n) is 7.12. The molecule has 0 bridgehead atoms. The Labute approximate surface area is 160 Å². The Morgan fingerprint density at radius 3 is 1.61 bits per heavy atom. The molecule has 1 aromatic rings. The molecule has 28 heavy (non-hydrogen) atoms. The Morgan fingerprint density at radius 2 is 1.25 bits per heavy atom. The van der Waals surface area contributed by atoms with Crippen LogP contribution in [0.2, 0.25) is 0 Å². The largest absolute Gasteiger partial charge is 0.523 e. The van der Waals surface area contributed by atoms with Gasteiger partial charge in [0.15, 0.2) is 0 Å². The first kappa shape index (κ1) is 22.5. The SMILES string of the molecule is BC(B)(OS(=O)(=O)C(F)(F)F)C(F)(F)C(B)(B)N1C(=O)c2ccccc2C1=O. The van der Waals surface area contributed by atoms with E-state index in [1.807, 2.05) is 0 Å². The standard InChI is InChI=1S/C12H12B4F5NO5S/c13-10(14,22-7(23)5-3-1-2-4-6(5)8(22)24)9(17,18)11(15,16)27-28(25,26)12(19,20)21/h1-4H,13-16H2. The molecule has 1 aliphatic heterocycles. The van der Waals surface area contributed by atoms with E-state index in [1.165, 1.54) is 24.3 Å². The van der Waals surface area contributed by atoms with Crippen molar-refractivity contribution in [3.8, 4) is 0 Å². The fourth-order valence-corrected chi connectivity index (χ4v) is 3.70. The van der Waals surface area contributed by atoms with Crippen molar-refractivity contribution in [2.45, 2.75) is 22.2 Å². The Morgan fingerprint density at radius 1 is 0.857 bits per heavy atom. The topological polar surface area (TPSA) is 80.8 Å². The lowest BCUT2D eigenvalue weighted by atomic mass is 9.46. The van der Waals surface area contributed by atoms with Crippen molar-refractivity contribution in [1.82, 2.24) is 4.90 Å². The average Bonchev–Trinajstić information content (AvgIpc) is 2.77. The van der Waals surface area contributed by atoms with Gasteiger partial charge in [0.05, 0.1) is 21.9 Å². The van der Waals surface area contributed by atoms with E-state index in [1.54, 1.807) is 0 Å². The maximum Gasteiger partial charge on any atom is 0.523 e. The van der Waals surface area contributed by atoms with Gasteiger partial charge in [-0.2, -0.15) is 21.6 Å². The van der Waals surface area contributed by atoms with Crippen molar-refractivity contribution in [2.24, 2.45) is 0 Å². The molecule has 148 valence electrons.